The summed E-state index contributed by atoms with van der Waals surface area (Å²) in [6.45, 7) is 3.44. The van der Waals surface area contributed by atoms with Crippen LogP contribution in [0.25, 0.3) is 0 Å². The first kappa shape index (κ1) is 22.0. The van der Waals surface area contributed by atoms with Gasteiger partial charge in [-0.3, -0.25) is 4.57 Å². The van der Waals surface area contributed by atoms with E-state index in [0.717, 1.165) is 0 Å². The highest BCUT2D eigenvalue weighted by atomic mass is 31.2. The molecule has 10 heteroatoms. The number of hydrogen-bond acceptors (Lipinski definition) is 4. The van der Waals surface area contributed by atoms with E-state index >= 15 is 0 Å². The molecule has 1 atom stereocenters. The molecule has 1 rings (SSSR count). The lowest BCUT2D eigenvalue weighted by molar-refractivity contribution is 0.191. The molecule has 144 valence electrons. The molecule has 1 aromatic carbocycles. The molecule has 0 spiro atoms. The number of unbranched alkanes of at least 4 members (excludes halogenated alkanes) is 2. The summed E-state index contributed by atoms with van der Waals surface area (Å²) in [7, 11) is -4.36. The van der Waals surface area contributed by atoms with Crippen molar-refractivity contribution in [3.8, 4) is 0 Å². The largest absolute Gasteiger partial charge is 0.351 e. The standard InChI is InChI=1S/C15H21F5NO3P/c1-3-5-7-23-25(22,24-8-6-4-2)15(21)9-10(16)12(18)14(20)13(19)11(9)17/h15H,3-8,21H2,1-2H3. The molecule has 0 aliphatic carbocycles. The lowest BCUT2D eigenvalue weighted by Crippen LogP contribution is -2.21. The van der Waals surface area contributed by atoms with Crippen LogP contribution in [-0.2, 0) is 13.6 Å². The van der Waals surface area contributed by atoms with Crippen molar-refractivity contribution in [2.45, 2.75) is 45.3 Å². The predicted octanol–water partition coefficient (Wildman–Crippen LogP) is 5.17. The predicted molar refractivity (Wildman–Crippen MR) is 82.5 cm³/mol. The molecule has 1 unspecified atom stereocenters. The number of halogens is 5. The Morgan fingerprint density at radius 2 is 1.20 bits per heavy atom. The van der Waals surface area contributed by atoms with Crippen LogP contribution in [0, 0.1) is 29.1 Å². The smallest absolute Gasteiger partial charge is 0.314 e. The Labute approximate surface area is 143 Å². The summed E-state index contributed by atoms with van der Waals surface area (Å²) >= 11 is 0. The maximum Gasteiger partial charge on any atom is 0.351 e. The van der Waals surface area contributed by atoms with Crippen molar-refractivity contribution < 1.29 is 35.6 Å². The SMILES string of the molecule is CCCCOP(=O)(OCCCC)C(N)c1c(F)c(F)c(F)c(F)c1F. The van der Waals surface area contributed by atoms with Crippen molar-refractivity contribution in [1.29, 1.82) is 0 Å². The maximum atomic E-state index is 13.9. The van der Waals surface area contributed by atoms with Gasteiger partial charge in [0.1, 0.15) is 5.78 Å². The summed E-state index contributed by atoms with van der Waals surface area (Å²) in [5.41, 5.74) is 4.17. The highest BCUT2D eigenvalue weighted by Gasteiger charge is 2.41. The van der Waals surface area contributed by atoms with Gasteiger partial charge in [-0.2, -0.15) is 0 Å². The fourth-order valence-corrected chi connectivity index (χ4v) is 3.62. The minimum Gasteiger partial charge on any atom is -0.314 e. The third-order valence-electron chi connectivity index (χ3n) is 3.42. The van der Waals surface area contributed by atoms with Crippen molar-refractivity contribution >= 4 is 7.60 Å². The van der Waals surface area contributed by atoms with E-state index in [-0.39, 0.29) is 13.2 Å². The Kier molecular flexibility index (Phi) is 8.47. The Morgan fingerprint density at radius 1 is 0.840 bits per heavy atom. The van der Waals surface area contributed by atoms with Crippen LogP contribution in [-0.4, -0.2) is 13.2 Å². The van der Waals surface area contributed by atoms with Crippen LogP contribution in [0.3, 0.4) is 0 Å². The van der Waals surface area contributed by atoms with Gasteiger partial charge in [-0.25, -0.2) is 22.0 Å². The van der Waals surface area contributed by atoms with Gasteiger partial charge >= 0.3 is 7.60 Å². The summed E-state index contributed by atoms with van der Waals surface area (Å²) < 4.78 is 90.8. The second kappa shape index (κ2) is 9.62. The molecule has 0 amide bonds. The van der Waals surface area contributed by atoms with Crippen molar-refractivity contribution in [2.24, 2.45) is 5.73 Å². The van der Waals surface area contributed by atoms with E-state index in [0.29, 0.717) is 25.7 Å². The Morgan fingerprint density at radius 3 is 1.56 bits per heavy atom. The van der Waals surface area contributed by atoms with Crippen molar-refractivity contribution in [1.82, 2.24) is 0 Å². The normalized spacial score (nSPS) is 13.3. The molecular weight excluding hydrogens is 368 g/mol. The fraction of sp³-hybridized carbons (Fsp3) is 0.600. The van der Waals surface area contributed by atoms with Crippen LogP contribution in [0.1, 0.15) is 50.9 Å². The molecule has 0 heterocycles. The first-order valence-corrected chi connectivity index (χ1v) is 9.48. The molecule has 0 bridgehead atoms. The van der Waals surface area contributed by atoms with Gasteiger partial charge in [-0.1, -0.05) is 26.7 Å². The van der Waals surface area contributed by atoms with Gasteiger partial charge in [0.2, 0.25) is 5.82 Å². The summed E-state index contributed by atoms with van der Waals surface area (Å²) in [6, 6.07) is 0. The minimum atomic E-state index is -4.36. The highest BCUT2D eigenvalue weighted by molar-refractivity contribution is 7.54. The number of rotatable bonds is 10. The van der Waals surface area contributed by atoms with Gasteiger partial charge in [0.25, 0.3) is 0 Å². The van der Waals surface area contributed by atoms with Crippen molar-refractivity contribution in [3.05, 3.63) is 34.6 Å². The summed E-state index contributed by atoms with van der Waals surface area (Å²) in [5, 5.41) is 0. The zero-order chi connectivity index (χ0) is 19.2. The van der Waals surface area contributed by atoms with Crippen LogP contribution in [0.5, 0.6) is 0 Å². The van der Waals surface area contributed by atoms with E-state index in [4.69, 9.17) is 14.8 Å². The molecule has 0 aromatic heterocycles. The summed E-state index contributed by atoms with van der Waals surface area (Å²) in [6.07, 6.45) is 2.22. The van der Waals surface area contributed by atoms with E-state index in [1.54, 1.807) is 0 Å². The quantitative estimate of drug-likeness (QED) is 0.197. The zero-order valence-electron chi connectivity index (χ0n) is 14.0. The lowest BCUT2D eigenvalue weighted by atomic mass is 10.1. The molecule has 0 saturated heterocycles. The number of nitrogens with two attached hydrogens (primary N) is 1. The zero-order valence-corrected chi connectivity index (χ0v) is 14.9. The Balaban J connectivity index is 3.29. The van der Waals surface area contributed by atoms with E-state index in [1.165, 1.54) is 0 Å². The van der Waals surface area contributed by atoms with Crippen LogP contribution in [0.4, 0.5) is 22.0 Å². The topological polar surface area (TPSA) is 61.5 Å². The molecule has 0 aliphatic heterocycles. The summed E-state index contributed by atoms with van der Waals surface area (Å²) in [5.74, 6) is -13.1. The van der Waals surface area contributed by atoms with Crippen LogP contribution < -0.4 is 5.73 Å². The third-order valence-corrected chi connectivity index (χ3v) is 5.44. The van der Waals surface area contributed by atoms with Crippen LogP contribution >= 0.6 is 7.60 Å². The maximum absolute atomic E-state index is 13.9. The van der Waals surface area contributed by atoms with E-state index in [2.05, 4.69) is 0 Å². The summed E-state index contributed by atoms with van der Waals surface area (Å²) in [4.78, 5) is 0. The first-order valence-electron chi connectivity index (χ1n) is 7.86. The molecular formula is C15H21F5NO3P. The van der Waals surface area contributed by atoms with Crippen molar-refractivity contribution in [2.75, 3.05) is 13.2 Å². The molecule has 0 fully saturated rings. The second-order valence-electron chi connectivity index (χ2n) is 5.34. The molecule has 25 heavy (non-hydrogen) atoms. The molecule has 0 saturated carbocycles. The molecule has 0 aliphatic rings. The monoisotopic (exact) mass is 389 g/mol. The Hall–Kier alpha value is -1.02. The van der Waals surface area contributed by atoms with E-state index in [9.17, 15) is 26.5 Å². The Bertz CT molecular complexity index is 601. The fourth-order valence-electron chi connectivity index (χ4n) is 1.91. The highest BCUT2D eigenvalue weighted by Crippen LogP contribution is 2.59. The van der Waals surface area contributed by atoms with Gasteiger partial charge < -0.3 is 14.8 Å². The van der Waals surface area contributed by atoms with Gasteiger partial charge in [-0.05, 0) is 12.8 Å². The second-order valence-corrected chi connectivity index (χ2v) is 7.49. The van der Waals surface area contributed by atoms with Crippen LogP contribution in [0.15, 0.2) is 0 Å². The third kappa shape index (κ3) is 5.00. The minimum absolute atomic E-state index is 0.0942. The van der Waals surface area contributed by atoms with Gasteiger partial charge in [0.05, 0.1) is 18.8 Å². The van der Waals surface area contributed by atoms with Crippen molar-refractivity contribution in [3.63, 3.8) is 0 Å². The average molecular weight is 389 g/mol. The van der Waals surface area contributed by atoms with E-state index in [1.807, 2.05) is 13.8 Å². The lowest BCUT2D eigenvalue weighted by Gasteiger charge is -2.25. The molecule has 0 radical (unpaired) electrons. The molecule has 4 nitrogen and oxygen atoms in total. The number of hydrogen-bond donors (Lipinski definition) is 1. The number of benzene rings is 1. The van der Waals surface area contributed by atoms with Gasteiger partial charge in [-0.15, -0.1) is 0 Å². The molecule has 2 N–H and O–H groups in total. The first-order chi connectivity index (χ1) is 11.7. The molecule has 1 aromatic rings. The van der Waals surface area contributed by atoms with Gasteiger partial charge in [0, 0.05) is 0 Å². The van der Waals surface area contributed by atoms with Gasteiger partial charge in [0.15, 0.2) is 23.3 Å². The average Bonchev–Trinajstić information content (AvgIpc) is 2.58. The van der Waals surface area contributed by atoms with Crippen LogP contribution in [0.2, 0.25) is 0 Å². The van der Waals surface area contributed by atoms with E-state index < -0.39 is 48.0 Å².